The van der Waals surface area contributed by atoms with Crippen molar-refractivity contribution < 1.29 is 0 Å². The highest BCUT2D eigenvalue weighted by molar-refractivity contribution is 5.59. The van der Waals surface area contributed by atoms with Crippen LogP contribution in [-0.4, -0.2) is 18.3 Å². The lowest BCUT2D eigenvalue weighted by Gasteiger charge is -2.22. The molecule has 12 heavy (non-hydrogen) atoms. The van der Waals surface area contributed by atoms with Crippen LogP contribution in [-0.2, 0) is 0 Å². The summed E-state index contributed by atoms with van der Waals surface area (Å²) in [6, 6.07) is 0.120. The zero-order valence-electron chi connectivity index (χ0n) is 8.63. The molecule has 0 aromatic heterocycles. The molecule has 0 saturated carbocycles. The van der Waals surface area contributed by atoms with Crippen LogP contribution in [0.5, 0.6) is 0 Å². The van der Waals surface area contributed by atoms with Crippen LogP contribution in [0.2, 0.25) is 0 Å². The van der Waals surface area contributed by atoms with Crippen molar-refractivity contribution in [2.75, 3.05) is 0 Å². The van der Waals surface area contributed by atoms with E-state index in [1.807, 2.05) is 13.8 Å². The lowest BCUT2D eigenvalue weighted by molar-refractivity contribution is 0.329. The largest absolute Gasteiger partial charge is 0.311 e. The van der Waals surface area contributed by atoms with Crippen LogP contribution >= 0.6 is 0 Å². The average molecular weight is 169 g/mol. The molecule has 0 rings (SSSR count). The Morgan fingerprint density at radius 3 is 2.00 bits per heavy atom. The monoisotopic (exact) mass is 169 g/mol. The molecule has 70 valence electrons. The summed E-state index contributed by atoms with van der Waals surface area (Å²) in [5.41, 5.74) is 0.158. The molecule has 0 aliphatic carbocycles. The molecular formula is C9H19N3. The maximum atomic E-state index is 6.93. The Hall–Kier alpha value is -0.730. The molecule has 0 aromatic rings. The van der Waals surface area contributed by atoms with Crippen LogP contribution in [0.15, 0.2) is 10.2 Å². The minimum Gasteiger partial charge on any atom is -0.311 e. The normalized spacial score (nSPS) is 17.8. The summed E-state index contributed by atoms with van der Waals surface area (Å²) < 4.78 is 0. The first-order valence-corrected chi connectivity index (χ1v) is 4.28. The second-order valence-electron chi connectivity index (χ2n) is 4.18. The Balaban J connectivity index is 4.08. The first-order chi connectivity index (χ1) is 5.38. The van der Waals surface area contributed by atoms with E-state index in [0.29, 0.717) is 0 Å². The highest BCUT2D eigenvalue weighted by Gasteiger charge is 2.19. The number of hydrogen-bond donors (Lipinski definition) is 1. The smallest absolute Gasteiger partial charge is 0.102 e. The molecule has 0 radical (unpaired) electrons. The summed E-state index contributed by atoms with van der Waals surface area (Å²) in [6.07, 6.45) is 1.29. The Bertz CT molecular complexity index is 167. The van der Waals surface area contributed by atoms with Gasteiger partial charge < -0.3 is 5.41 Å². The summed E-state index contributed by atoms with van der Waals surface area (Å²) in [4.78, 5) is 0. The Labute approximate surface area is 74.8 Å². The third-order valence-electron chi connectivity index (χ3n) is 1.92. The molecule has 0 bridgehead atoms. The van der Waals surface area contributed by atoms with Crippen molar-refractivity contribution in [3.63, 3.8) is 0 Å². The molecule has 2 atom stereocenters. The van der Waals surface area contributed by atoms with E-state index in [2.05, 4.69) is 31.0 Å². The molecule has 0 aliphatic rings. The second kappa shape index (κ2) is 4.33. The van der Waals surface area contributed by atoms with Crippen molar-refractivity contribution in [2.45, 2.75) is 46.7 Å². The lowest BCUT2D eigenvalue weighted by atomic mass is 9.89. The predicted molar refractivity (Wildman–Crippen MR) is 52.0 cm³/mol. The Kier molecular flexibility index (Phi) is 4.07. The van der Waals surface area contributed by atoms with Gasteiger partial charge in [-0.2, -0.15) is 10.2 Å². The van der Waals surface area contributed by atoms with Gasteiger partial charge in [0.1, 0.15) is 6.04 Å². The van der Waals surface area contributed by atoms with E-state index in [4.69, 9.17) is 5.41 Å². The number of nitrogens with zero attached hydrogens (tertiary/aromatic N) is 2. The Morgan fingerprint density at radius 2 is 1.67 bits per heavy atom. The van der Waals surface area contributed by atoms with E-state index < -0.39 is 0 Å². The molecule has 1 N–H and O–H groups in total. The van der Waals surface area contributed by atoms with Gasteiger partial charge in [0.05, 0.1) is 6.04 Å². The van der Waals surface area contributed by atoms with Gasteiger partial charge in [-0.3, -0.25) is 0 Å². The van der Waals surface area contributed by atoms with Crippen LogP contribution in [0.25, 0.3) is 0 Å². The average Bonchev–Trinajstić information content (AvgIpc) is 1.97. The maximum absolute atomic E-state index is 6.93. The Morgan fingerprint density at radius 1 is 1.17 bits per heavy atom. The van der Waals surface area contributed by atoms with Crippen molar-refractivity contribution >= 4 is 6.21 Å². The standard InChI is InChI=1S/C9H19N3/c1-7(6-10)11-12-8(2)9(3,4)5/h6-8,10H,1-5H3. The molecule has 2 unspecified atom stereocenters. The first kappa shape index (κ1) is 11.3. The lowest BCUT2D eigenvalue weighted by Crippen LogP contribution is -2.20. The van der Waals surface area contributed by atoms with Gasteiger partial charge >= 0.3 is 0 Å². The minimum absolute atomic E-state index is 0.0881. The van der Waals surface area contributed by atoms with Crippen molar-refractivity contribution in [2.24, 2.45) is 15.6 Å². The molecule has 0 fully saturated rings. The van der Waals surface area contributed by atoms with Gasteiger partial charge in [0, 0.05) is 6.21 Å². The van der Waals surface area contributed by atoms with E-state index in [1.165, 1.54) is 6.21 Å². The second-order valence-corrected chi connectivity index (χ2v) is 4.18. The number of hydrogen-bond acceptors (Lipinski definition) is 3. The zero-order valence-corrected chi connectivity index (χ0v) is 8.63. The molecule has 0 amide bonds. The van der Waals surface area contributed by atoms with Gasteiger partial charge in [-0.15, -0.1) is 0 Å². The van der Waals surface area contributed by atoms with Gasteiger partial charge in [-0.25, -0.2) is 0 Å². The summed E-state index contributed by atoms with van der Waals surface area (Å²) >= 11 is 0. The van der Waals surface area contributed by atoms with Gasteiger partial charge in [-0.05, 0) is 19.3 Å². The fraction of sp³-hybridized carbons (Fsp3) is 0.889. The minimum atomic E-state index is -0.0881. The molecule has 0 heterocycles. The molecule has 0 spiro atoms. The van der Waals surface area contributed by atoms with E-state index in [9.17, 15) is 0 Å². The van der Waals surface area contributed by atoms with E-state index >= 15 is 0 Å². The number of azo groups is 1. The molecule has 0 aromatic carbocycles. The molecule has 3 heteroatoms. The summed E-state index contributed by atoms with van der Waals surface area (Å²) in [5, 5.41) is 15.1. The van der Waals surface area contributed by atoms with Crippen molar-refractivity contribution in [1.82, 2.24) is 0 Å². The van der Waals surface area contributed by atoms with E-state index in [-0.39, 0.29) is 17.5 Å². The highest BCUT2D eigenvalue weighted by Crippen LogP contribution is 2.21. The predicted octanol–water partition coefficient (Wildman–Crippen LogP) is 2.91. The highest BCUT2D eigenvalue weighted by atomic mass is 15.1. The summed E-state index contributed by atoms with van der Waals surface area (Å²) in [6.45, 7) is 10.3. The van der Waals surface area contributed by atoms with Crippen LogP contribution in [0.4, 0.5) is 0 Å². The van der Waals surface area contributed by atoms with Gasteiger partial charge in [0.15, 0.2) is 0 Å². The fourth-order valence-electron chi connectivity index (χ4n) is 0.412. The molecule has 0 saturated heterocycles. The maximum Gasteiger partial charge on any atom is 0.102 e. The number of rotatable bonds is 3. The topological polar surface area (TPSA) is 48.6 Å². The quantitative estimate of drug-likeness (QED) is 0.499. The molecule has 0 aliphatic heterocycles. The summed E-state index contributed by atoms with van der Waals surface area (Å²) in [5.74, 6) is 0. The van der Waals surface area contributed by atoms with Crippen LogP contribution in [0.3, 0.4) is 0 Å². The van der Waals surface area contributed by atoms with Gasteiger partial charge in [-0.1, -0.05) is 20.8 Å². The zero-order chi connectivity index (χ0) is 9.78. The van der Waals surface area contributed by atoms with Crippen molar-refractivity contribution in [3.05, 3.63) is 0 Å². The third-order valence-corrected chi connectivity index (χ3v) is 1.92. The molecule has 3 nitrogen and oxygen atoms in total. The SMILES string of the molecule is CC(C=N)N=NC(C)C(C)(C)C. The van der Waals surface area contributed by atoms with Crippen LogP contribution in [0.1, 0.15) is 34.6 Å². The van der Waals surface area contributed by atoms with Gasteiger partial charge in [0.2, 0.25) is 0 Å². The number of nitrogens with one attached hydrogen (secondary N) is 1. The van der Waals surface area contributed by atoms with E-state index in [0.717, 1.165) is 0 Å². The van der Waals surface area contributed by atoms with Crippen LogP contribution in [0, 0.1) is 10.8 Å². The van der Waals surface area contributed by atoms with Crippen LogP contribution < -0.4 is 0 Å². The van der Waals surface area contributed by atoms with Crippen molar-refractivity contribution in [3.8, 4) is 0 Å². The third kappa shape index (κ3) is 4.21. The van der Waals surface area contributed by atoms with Crippen molar-refractivity contribution in [1.29, 1.82) is 5.41 Å². The molecular weight excluding hydrogens is 150 g/mol. The van der Waals surface area contributed by atoms with E-state index in [1.54, 1.807) is 0 Å². The first-order valence-electron chi connectivity index (χ1n) is 4.28. The summed E-state index contributed by atoms with van der Waals surface area (Å²) in [7, 11) is 0. The van der Waals surface area contributed by atoms with Gasteiger partial charge in [0.25, 0.3) is 0 Å². The fourth-order valence-corrected chi connectivity index (χ4v) is 0.412.